The number of anilines is 1. The predicted molar refractivity (Wildman–Crippen MR) is 127 cm³/mol. The Bertz CT molecular complexity index is 711. The largest absolute Gasteiger partial charge is 0.370 e. The van der Waals surface area contributed by atoms with E-state index >= 15 is 0 Å². The van der Waals surface area contributed by atoms with Gasteiger partial charge in [0, 0.05) is 38.9 Å². The summed E-state index contributed by atoms with van der Waals surface area (Å²) < 4.78 is 0. The summed E-state index contributed by atoms with van der Waals surface area (Å²) in [6, 6.07) is 14.5. The Kier molecular flexibility index (Phi) is 9.49. The molecule has 0 bridgehead atoms. The molecule has 0 saturated carbocycles. The van der Waals surface area contributed by atoms with Crippen LogP contribution in [0.5, 0.6) is 0 Å². The Labute approximate surface area is 185 Å². The number of aliphatic imine (C=N–C) groups is 1. The van der Waals surface area contributed by atoms with E-state index < -0.39 is 0 Å². The van der Waals surface area contributed by atoms with Crippen LogP contribution in [0.15, 0.2) is 53.7 Å². The van der Waals surface area contributed by atoms with Gasteiger partial charge < -0.3 is 20.9 Å². The van der Waals surface area contributed by atoms with Crippen molar-refractivity contribution in [2.45, 2.75) is 19.9 Å². The molecule has 28 heavy (non-hydrogen) atoms. The van der Waals surface area contributed by atoms with Gasteiger partial charge in [-0.15, -0.1) is 24.0 Å². The normalized spacial score (nSPS) is 15.2. The van der Waals surface area contributed by atoms with Crippen molar-refractivity contribution < 1.29 is 0 Å². The summed E-state index contributed by atoms with van der Waals surface area (Å²) in [5.41, 5.74) is 8.32. The molecule has 0 aliphatic carbocycles. The number of hydrogen-bond donors (Lipinski definition) is 2. The maximum atomic E-state index is 5.96. The quantitative estimate of drug-likeness (QED) is 0.352. The molecule has 0 radical (unpaired) electrons. The molecule has 2 aromatic rings. The first-order chi connectivity index (χ1) is 13.2. The number of benzene rings is 1. The third-order valence-corrected chi connectivity index (χ3v) is 4.95. The number of halogens is 1. The molecule has 0 unspecified atom stereocenters. The lowest BCUT2D eigenvalue weighted by Crippen LogP contribution is -2.46. The zero-order chi connectivity index (χ0) is 18.9. The van der Waals surface area contributed by atoms with Gasteiger partial charge in [0.25, 0.3) is 0 Å². The third kappa shape index (κ3) is 6.94. The van der Waals surface area contributed by atoms with Gasteiger partial charge in [0.15, 0.2) is 5.96 Å². The first-order valence-electron chi connectivity index (χ1n) is 9.74. The number of guanidine groups is 1. The van der Waals surface area contributed by atoms with Gasteiger partial charge in [0.05, 0.1) is 6.54 Å². The molecular weight excluding hydrogens is 463 g/mol. The van der Waals surface area contributed by atoms with Crippen molar-refractivity contribution in [2.75, 3.05) is 44.2 Å². The fourth-order valence-corrected chi connectivity index (χ4v) is 3.20. The van der Waals surface area contributed by atoms with Gasteiger partial charge in [-0.1, -0.05) is 43.3 Å². The predicted octanol–water partition coefficient (Wildman–Crippen LogP) is 2.49. The van der Waals surface area contributed by atoms with Gasteiger partial charge >= 0.3 is 0 Å². The zero-order valence-electron chi connectivity index (χ0n) is 16.6. The number of rotatable bonds is 7. The van der Waals surface area contributed by atoms with E-state index in [4.69, 9.17) is 5.73 Å². The zero-order valence-corrected chi connectivity index (χ0v) is 18.9. The minimum absolute atomic E-state index is 0. The maximum Gasteiger partial charge on any atom is 0.188 e. The number of nitrogens with zero attached hydrogens (tertiary/aromatic N) is 4. The van der Waals surface area contributed by atoms with Crippen LogP contribution in [0, 0.1) is 0 Å². The van der Waals surface area contributed by atoms with E-state index in [0.717, 1.165) is 57.1 Å². The van der Waals surface area contributed by atoms with Crippen molar-refractivity contribution in [1.29, 1.82) is 0 Å². The number of nitrogens with two attached hydrogens (primary N) is 1. The molecule has 0 spiro atoms. The van der Waals surface area contributed by atoms with Crippen LogP contribution in [0.1, 0.15) is 18.1 Å². The van der Waals surface area contributed by atoms with Crippen molar-refractivity contribution in [3.63, 3.8) is 0 Å². The van der Waals surface area contributed by atoms with Gasteiger partial charge in [0.1, 0.15) is 5.82 Å². The topological polar surface area (TPSA) is 69.8 Å². The molecule has 3 N–H and O–H groups in total. The lowest BCUT2D eigenvalue weighted by molar-refractivity contribution is 0.270. The lowest BCUT2D eigenvalue weighted by atomic mass is 10.1. The van der Waals surface area contributed by atoms with Crippen LogP contribution in [0.25, 0.3) is 0 Å². The Hall–Kier alpha value is -1.87. The summed E-state index contributed by atoms with van der Waals surface area (Å²) in [6.45, 7) is 8.95. The first-order valence-corrected chi connectivity index (χ1v) is 9.74. The number of likely N-dealkylation sites (N-methyl/N-ethyl adjacent to an activating group) is 1. The van der Waals surface area contributed by atoms with Gasteiger partial charge in [0.2, 0.25) is 0 Å². The van der Waals surface area contributed by atoms with E-state index in [9.17, 15) is 0 Å². The number of piperazine rings is 1. The summed E-state index contributed by atoms with van der Waals surface area (Å²) >= 11 is 0. The molecule has 1 aromatic carbocycles. The van der Waals surface area contributed by atoms with Gasteiger partial charge in [-0.3, -0.25) is 0 Å². The van der Waals surface area contributed by atoms with E-state index in [2.05, 4.69) is 56.3 Å². The van der Waals surface area contributed by atoms with E-state index in [1.165, 1.54) is 5.56 Å². The Morgan fingerprint density at radius 2 is 1.82 bits per heavy atom. The lowest BCUT2D eigenvalue weighted by Gasteiger charge is -2.34. The van der Waals surface area contributed by atoms with Crippen LogP contribution < -0.4 is 16.0 Å². The second kappa shape index (κ2) is 11.9. The highest BCUT2D eigenvalue weighted by Crippen LogP contribution is 2.14. The highest BCUT2D eigenvalue weighted by atomic mass is 127. The van der Waals surface area contributed by atoms with Crippen LogP contribution in [-0.4, -0.2) is 55.1 Å². The van der Waals surface area contributed by atoms with Gasteiger partial charge in [-0.25, -0.2) is 9.98 Å². The molecule has 1 aliphatic rings. The molecule has 152 valence electrons. The van der Waals surface area contributed by atoms with E-state index in [0.29, 0.717) is 12.5 Å². The molecule has 2 heterocycles. The summed E-state index contributed by atoms with van der Waals surface area (Å²) in [5.74, 6) is 1.53. The van der Waals surface area contributed by atoms with Crippen LogP contribution in [0.3, 0.4) is 0 Å². The monoisotopic (exact) mass is 494 g/mol. The maximum absolute atomic E-state index is 5.96. The standard InChI is InChI=1S/C21H30N6.HI/c1-2-26-12-14-27(15-13-26)20-9-8-19(16-24-20)17-25-21(22)23-11-10-18-6-4-3-5-7-18;/h3-9,16H,2,10-15,17H2,1H3,(H3,22,23,25);1H. The van der Waals surface area contributed by atoms with Crippen LogP contribution >= 0.6 is 24.0 Å². The molecule has 0 atom stereocenters. The van der Waals surface area contributed by atoms with Crippen molar-refractivity contribution in [3.05, 3.63) is 59.8 Å². The average molecular weight is 494 g/mol. The van der Waals surface area contributed by atoms with Gasteiger partial charge in [-0.05, 0) is 30.2 Å². The minimum atomic E-state index is 0. The van der Waals surface area contributed by atoms with E-state index in [1.54, 1.807) is 0 Å². The Morgan fingerprint density at radius 3 is 2.46 bits per heavy atom. The van der Waals surface area contributed by atoms with Crippen LogP contribution in [0.2, 0.25) is 0 Å². The Morgan fingerprint density at radius 1 is 1.07 bits per heavy atom. The number of nitrogens with one attached hydrogen (secondary N) is 1. The second-order valence-electron chi connectivity index (χ2n) is 6.81. The second-order valence-corrected chi connectivity index (χ2v) is 6.81. The number of hydrogen-bond acceptors (Lipinski definition) is 4. The fourth-order valence-electron chi connectivity index (χ4n) is 3.20. The smallest absolute Gasteiger partial charge is 0.188 e. The molecule has 1 fully saturated rings. The molecule has 1 saturated heterocycles. The highest BCUT2D eigenvalue weighted by Gasteiger charge is 2.16. The molecule has 1 aliphatic heterocycles. The van der Waals surface area contributed by atoms with Crippen molar-refractivity contribution in [1.82, 2.24) is 15.2 Å². The Balaban J connectivity index is 0.00000280. The highest BCUT2D eigenvalue weighted by molar-refractivity contribution is 14.0. The molecule has 6 nitrogen and oxygen atoms in total. The SMILES string of the molecule is CCN1CCN(c2ccc(CN=C(N)NCCc3ccccc3)cn2)CC1.I. The number of aromatic nitrogens is 1. The van der Waals surface area contributed by atoms with Crippen molar-refractivity contribution >= 4 is 35.8 Å². The summed E-state index contributed by atoms with van der Waals surface area (Å²) in [7, 11) is 0. The van der Waals surface area contributed by atoms with Crippen molar-refractivity contribution in [3.8, 4) is 0 Å². The summed E-state index contributed by atoms with van der Waals surface area (Å²) in [6.07, 6.45) is 2.83. The molecule has 0 amide bonds. The minimum Gasteiger partial charge on any atom is -0.370 e. The molecule has 7 heteroatoms. The summed E-state index contributed by atoms with van der Waals surface area (Å²) in [5, 5.41) is 3.17. The average Bonchev–Trinajstić information content (AvgIpc) is 2.73. The number of pyridine rings is 1. The molecular formula is C21H31IN6. The summed E-state index contributed by atoms with van der Waals surface area (Å²) in [4.78, 5) is 13.8. The van der Waals surface area contributed by atoms with E-state index in [1.807, 2.05) is 24.4 Å². The fraction of sp³-hybridized carbons (Fsp3) is 0.429. The van der Waals surface area contributed by atoms with Crippen molar-refractivity contribution in [2.24, 2.45) is 10.7 Å². The van der Waals surface area contributed by atoms with Gasteiger partial charge in [-0.2, -0.15) is 0 Å². The first kappa shape index (κ1) is 22.4. The van der Waals surface area contributed by atoms with Crippen LogP contribution in [0.4, 0.5) is 5.82 Å². The van der Waals surface area contributed by atoms with E-state index in [-0.39, 0.29) is 24.0 Å². The third-order valence-electron chi connectivity index (χ3n) is 4.95. The van der Waals surface area contributed by atoms with Crippen LogP contribution in [-0.2, 0) is 13.0 Å². The molecule has 3 rings (SSSR count). The molecule has 1 aromatic heterocycles.